The Morgan fingerprint density at radius 2 is 2.08 bits per heavy atom. The Kier molecular flexibility index (Phi) is 5.74. The number of carbonyl (C=O) groups is 1. The lowest BCUT2D eigenvalue weighted by molar-refractivity contribution is 0.0941. The fourth-order valence-corrected chi connectivity index (χ4v) is 6.25. The molecule has 40 heavy (non-hydrogen) atoms. The third-order valence-corrected chi connectivity index (χ3v) is 8.44. The maximum atomic E-state index is 13.8. The van der Waals surface area contributed by atoms with Gasteiger partial charge in [-0.15, -0.1) is 0 Å². The van der Waals surface area contributed by atoms with E-state index in [-0.39, 0.29) is 23.8 Å². The lowest BCUT2D eigenvalue weighted by Gasteiger charge is -2.32. The molecular formula is C28H23N7O4S. The summed E-state index contributed by atoms with van der Waals surface area (Å²) in [4.78, 5) is 37.4. The van der Waals surface area contributed by atoms with Crippen LogP contribution in [0.15, 0.2) is 53.6 Å². The highest BCUT2D eigenvalue weighted by atomic mass is 32.1. The summed E-state index contributed by atoms with van der Waals surface area (Å²) in [7, 11) is 0. The molecule has 2 aliphatic rings. The molecule has 2 atom stereocenters. The zero-order chi connectivity index (χ0) is 27.4. The van der Waals surface area contributed by atoms with Crippen LogP contribution >= 0.6 is 11.3 Å². The highest BCUT2D eigenvalue weighted by Gasteiger charge is 2.39. The average molecular weight is 554 g/mol. The van der Waals surface area contributed by atoms with Gasteiger partial charge in [0.15, 0.2) is 5.01 Å². The van der Waals surface area contributed by atoms with Gasteiger partial charge in [-0.05, 0) is 36.8 Å². The maximum absolute atomic E-state index is 13.8. The first-order chi connectivity index (χ1) is 19.5. The molecule has 0 unspecified atom stereocenters. The van der Waals surface area contributed by atoms with E-state index >= 15 is 0 Å². The largest absolute Gasteiger partial charge is 0.490 e. The summed E-state index contributed by atoms with van der Waals surface area (Å²) < 4.78 is 15.1. The van der Waals surface area contributed by atoms with Crippen molar-refractivity contribution in [1.82, 2.24) is 29.0 Å². The Balaban J connectivity index is 1.30. The molecule has 2 aliphatic heterocycles. The molecule has 2 aromatic carbocycles. The van der Waals surface area contributed by atoms with Gasteiger partial charge in [0.25, 0.3) is 5.56 Å². The number of aromatic nitrogens is 5. The molecular weight excluding hydrogens is 530 g/mol. The van der Waals surface area contributed by atoms with Crippen LogP contribution in [0.25, 0.3) is 26.4 Å². The van der Waals surface area contributed by atoms with Crippen molar-refractivity contribution in [2.24, 2.45) is 0 Å². The molecule has 3 aromatic heterocycles. The molecule has 200 valence electrons. The van der Waals surface area contributed by atoms with Crippen LogP contribution in [0.5, 0.6) is 5.75 Å². The predicted molar refractivity (Wildman–Crippen MR) is 146 cm³/mol. The van der Waals surface area contributed by atoms with E-state index in [4.69, 9.17) is 19.7 Å². The van der Waals surface area contributed by atoms with Gasteiger partial charge in [-0.2, -0.15) is 10.4 Å². The molecule has 0 saturated carbocycles. The van der Waals surface area contributed by atoms with Crippen molar-refractivity contribution < 1.29 is 14.3 Å². The first kappa shape index (κ1) is 24.3. The van der Waals surface area contributed by atoms with Gasteiger partial charge in [-0.3, -0.25) is 9.36 Å². The van der Waals surface area contributed by atoms with E-state index in [1.807, 2.05) is 25.1 Å². The molecule has 12 heteroatoms. The van der Waals surface area contributed by atoms with E-state index in [1.165, 1.54) is 11.3 Å². The van der Waals surface area contributed by atoms with Crippen LogP contribution in [-0.2, 0) is 11.3 Å². The number of carbonyl (C=O) groups excluding carboxylic acids is 1. The van der Waals surface area contributed by atoms with Gasteiger partial charge < -0.3 is 14.4 Å². The Labute approximate surface area is 231 Å². The molecule has 5 heterocycles. The third kappa shape index (κ3) is 4.15. The Morgan fingerprint density at radius 1 is 1.23 bits per heavy atom. The highest BCUT2D eigenvalue weighted by molar-refractivity contribution is 7.19. The Morgan fingerprint density at radius 3 is 2.88 bits per heavy atom. The molecule has 0 spiro atoms. The van der Waals surface area contributed by atoms with Gasteiger partial charge >= 0.3 is 6.09 Å². The summed E-state index contributed by atoms with van der Waals surface area (Å²) >= 11 is 1.43. The molecule has 11 nitrogen and oxygen atoms in total. The van der Waals surface area contributed by atoms with Gasteiger partial charge in [0.05, 0.1) is 46.9 Å². The zero-order valence-corrected chi connectivity index (χ0v) is 22.3. The van der Waals surface area contributed by atoms with E-state index < -0.39 is 0 Å². The topological polar surface area (TPSA) is 128 Å². The van der Waals surface area contributed by atoms with Crippen molar-refractivity contribution in [1.29, 1.82) is 5.26 Å². The zero-order valence-electron chi connectivity index (χ0n) is 21.5. The van der Waals surface area contributed by atoms with Crippen LogP contribution in [-0.4, -0.2) is 60.4 Å². The number of amides is 1. The second-order valence-corrected chi connectivity index (χ2v) is 10.9. The van der Waals surface area contributed by atoms with Crippen LogP contribution < -0.4 is 10.3 Å². The van der Waals surface area contributed by atoms with Crippen molar-refractivity contribution in [2.45, 2.75) is 38.5 Å². The van der Waals surface area contributed by atoms with Gasteiger partial charge in [-0.25, -0.2) is 19.3 Å². The summed E-state index contributed by atoms with van der Waals surface area (Å²) in [6.45, 7) is 3.05. The molecule has 0 N–H and O–H groups in total. The van der Waals surface area contributed by atoms with E-state index in [0.717, 1.165) is 16.1 Å². The van der Waals surface area contributed by atoms with Crippen LogP contribution in [0, 0.1) is 18.3 Å². The number of piperidine rings is 1. The maximum Gasteiger partial charge on any atom is 0.410 e. The highest BCUT2D eigenvalue weighted by Crippen LogP contribution is 2.37. The fourth-order valence-electron chi connectivity index (χ4n) is 5.37. The molecule has 0 radical (unpaired) electrons. The quantitative estimate of drug-likeness (QED) is 0.322. The fraction of sp³-hybridized carbons (Fsp3) is 0.286. The molecule has 1 amide bonds. The van der Waals surface area contributed by atoms with Gasteiger partial charge in [0, 0.05) is 25.6 Å². The van der Waals surface area contributed by atoms with Crippen molar-refractivity contribution >= 4 is 33.3 Å². The smallest absolute Gasteiger partial charge is 0.410 e. The van der Waals surface area contributed by atoms with Crippen LogP contribution in [0.2, 0.25) is 0 Å². The Bertz CT molecular complexity index is 1860. The van der Waals surface area contributed by atoms with E-state index in [9.17, 15) is 9.59 Å². The van der Waals surface area contributed by atoms with Crippen LogP contribution in [0.1, 0.15) is 29.8 Å². The van der Waals surface area contributed by atoms with Crippen molar-refractivity contribution in [3.63, 3.8) is 0 Å². The minimum Gasteiger partial charge on any atom is -0.490 e. The van der Waals surface area contributed by atoms with Crippen LogP contribution in [0.4, 0.5) is 4.79 Å². The number of aryl methyl sites for hydroxylation is 1. The number of rotatable bonds is 5. The predicted octanol–water partition coefficient (Wildman–Crippen LogP) is 3.76. The summed E-state index contributed by atoms with van der Waals surface area (Å²) in [5, 5.41) is 14.9. The first-order valence-corrected chi connectivity index (χ1v) is 13.7. The van der Waals surface area contributed by atoms with E-state index in [1.54, 1.807) is 44.6 Å². The average Bonchev–Trinajstić information content (AvgIpc) is 3.67. The van der Waals surface area contributed by atoms with Crippen LogP contribution in [0.3, 0.4) is 0 Å². The number of hydrogen-bond acceptors (Lipinski definition) is 9. The van der Waals surface area contributed by atoms with Crippen molar-refractivity contribution in [2.75, 3.05) is 13.2 Å². The number of benzene rings is 2. The summed E-state index contributed by atoms with van der Waals surface area (Å²) in [6.07, 6.45) is 4.34. The monoisotopic (exact) mass is 553 g/mol. The SMILES string of the molecule is Cc1nc2cc(-c3nn4ccnc4s3)c(O[C@H]3CCN4C(=O)OC[C@@H]4C3)cc2c(=O)n1Cc1ccc(C#N)cc1. The normalized spacial score (nSPS) is 18.6. The van der Waals surface area contributed by atoms with Gasteiger partial charge in [-0.1, -0.05) is 23.5 Å². The van der Waals surface area contributed by atoms with Gasteiger partial charge in [0.2, 0.25) is 4.96 Å². The minimum absolute atomic E-state index is 0.0210. The van der Waals surface area contributed by atoms with Crippen molar-refractivity contribution in [3.8, 4) is 22.4 Å². The second kappa shape index (κ2) is 9.46. The molecule has 2 saturated heterocycles. The lowest BCUT2D eigenvalue weighted by atomic mass is 10.0. The standard InChI is InChI=1S/C28H23N7O4S/c1-16-31-23-11-22(25-32-35-9-7-30-27(35)40-25)24(39-20-6-8-33-19(10-20)15-38-28(33)37)12-21(23)26(36)34(16)14-18-4-2-17(13-29)3-5-18/h2-5,7,9,11-12,19-20H,6,8,10,14-15H2,1H3/t19-,20-/m0/s1. The molecule has 5 aromatic rings. The third-order valence-electron chi connectivity index (χ3n) is 7.47. The Hall–Kier alpha value is -4.76. The molecule has 7 rings (SSSR count). The number of nitrogens with zero attached hydrogens (tertiary/aromatic N) is 7. The summed E-state index contributed by atoms with van der Waals surface area (Å²) in [6, 6.07) is 12.9. The minimum atomic E-state index is -0.273. The number of imidazole rings is 1. The first-order valence-electron chi connectivity index (χ1n) is 12.9. The molecule has 2 fully saturated rings. The van der Waals surface area contributed by atoms with Crippen molar-refractivity contribution in [3.05, 3.63) is 76.1 Å². The lowest BCUT2D eigenvalue weighted by Crippen LogP contribution is -2.44. The molecule has 0 bridgehead atoms. The number of cyclic esters (lactones) is 1. The number of fused-ring (bicyclic) bond motifs is 3. The summed E-state index contributed by atoms with van der Waals surface area (Å²) in [5.41, 5.74) is 2.57. The summed E-state index contributed by atoms with van der Waals surface area (Å²) in [5.74, 6) is 1.12. The van der Waals surface area contributed by atoms with E-state index in [2.05, 4.69) is 16.2 Å². The number of nitriles is 1. The van der Waals surface area contributed by atoms with Gasteiger partial charge in [0.1, 0.15) is 24.3 Å². The second-order valence-electron chi connectivity index (χ2n) is 9.97. The number of hydrogen-bond donors (Lipinski definition) is 0. The van der Waals surface area contributed by atoms with E-state index in [0.29, 0.717) is 65.6 Å². The number of ether oxygens (including phenoxy) is 2. The molecule has 0 aliphatic carbocycles.